The number of anilines is 3. The van der Waals surface area contributed by atoms with Gasteiger partial charge in [0.25, 0.3) is 5.91 Å². The van der Waals surface area contributed by atoms with Crippen molar-refractivity contribution in [1.82, 2.24) is 20.1 Å². The Morgan fingerprint density at radius 1 is 1.08 bits per heavy atom. The zero-order valence-corrected chi connectivity index (χ0v) is 22.7. The number of nitrogens with zero attached hydrogens (tertiary/aromatic N) is 4. The fourth-order valence-corrected chi connectivity index (χ4v) is 5.68. The van der Waals surface area contributed by atoms with Crippen LogP contribution in [0, 0.1) is 0 Å². The summed E-state index contributed by atoms with van der Waals surface area (Å²) in [6.45, 7) is 7.64. The van der Waals surface area contributed by atoms with E-state index in [4.69, 9.17) is 0 Å². The molecule has 1 atom stereocenters. The summed E-state index contributed by atoms with van der Waals surface area (Å²) in [5, 5.41) is 6.00. The van der Waals surface area contributed by atoms with Crippen LogP contribution in [0.2, 0.25) is 0 Å². The van der Waals surface area contributed by atoms with E-state index in [0.29, 0.717) is 35.3 Å². The van der Waals surface area contributed by atoms with Gasteiger partial charge in [0.1, 0.15) is 0 Å². The van der Waals surface area contributed by atoms with Crippen LogP contribution in [0.5, 0.6) is 0 Å². The molecule has 5 rings (SSSR count). The van der Waals surface area contributed by atoms with Gasteiger partial charge in [-0.3, -0.25) is 14.6 Å². The molecule has 1 unspecified atom stereocenters. The second-order valence-corrected chi connectivity index (χ2v) is 10.3. The summed E-state index contributed by atoms with van der Waals surface area (Å²) in [6.07, 6.45) is 6.36. The molecule has 2 aromatic carbocycles. The average Bonchev–Trinajstić information content (AvgIpc) is 3.08. The molecule has 1 saturated heterocycles. The van der Waals surface area contributed by atoms with Crippen LogP contribution in [-0.2, 0) is 6.54 Å². The number of fused-ring (bicyclic) bond motifs is 2. The third-order valence-corrected chi connectivity index (χ3v) is 7.52. The first-order chi connectivity index (χ1) is 19.1. The van der Waals surface area contributed by atoms with Crippen molar-refractivity contribution in [2.75, 3.05) is 42.9 Å². The second kappa shape index (κ2) is 12.9. The number of para-hydroxylation sites is 1. The van der Waals surface area contributed by atoms with Crippen LogP contribution in [0.25, 0.3) is 0 Å². The number of hydrogen-bond acceptors (Lipinski definition) is 5. The van der Waals surface area contributed by atoms with Crippen molar-refractivity contribution in [3.05, 3.63) is 84.1 Å². The van der Waals surface area contributed by atoms with Gasteiger partial charge in [-0.05, 0) is 62.2 Å². The van der Waals surface area contributed by atoms with Crippen LogP contribution >= 0.6 is 0 Å². The van der Waals surface area contributed by atoms with Gasteiger partial charge in [0.15, 0.2) is 5.82 Å². The number of urea groups is 1. The minimum Gasteiger partial charge on any atom is -0.336 e. The number of hydrogen-bond donors (Lipinski definition) is 2. The number of benzene rings is 2. The van der Waals surface area contributed by atoms with Gasteiger partial charge in [-0.1, -0.05) is 55.8 Å². The van der Waals surface area contributed by atoms with Gasteiger partial charge < -0.3 is 10.6 Å². The first kappa shape index (κ1) is 26.8. The van der Waals surface area contributed by atoms with E-state index < -0.39 is 0 Å². The summed E-state index contributed by atoms with van der Waals surface area (Å²) in [7, 11) is 0. The fraction of sp³-hybridized carbons (Fsp3) is 0.387. The molecule has 0 radical (unpaired) electrons. The van der Waals surface area contributed by atoms with E-state index in [2.05, 4.69) is 62.7 Å². The standard InChI is InChI=1S/C31H38N6O2/c1-2-19-35(22-24-11-4-3-5-12-24)23-25-13-8-9-20-36(25)21-18-33-31(39)37-28-16-7-6-14-26(28)30(38)34-27-15-10-17-32-29(27)37/h3-7,10-12,14-17,25H,2,8-9,13,18-23H2,1H3,(H,33,39)(H,34,38). The Kier molecular flexibility index (Phi) is 8.85. The topological polar surface area (TPSA) is 80.8 Å². The first-order valence-electron chi connectivity index (χ1n) is 14.1. The smallest absolute Gasteiger partial charge is 0.327 e. The Hall–Kier alpha value is -3.75. The SMILES string of the molecule is CCCN(Cc1ccccc1)CC1CCCCN1CCNC(=O)N1c2ccccc2C(=O)Nc2cccnc21. The normalized spacial score (nSPS) is 17.2. The summed E-state index contributed by atoms with van der Waals surface area (Å²) in [5.74, 6) is 0.165. The van der Waals surface area contributed by atoms with Crippen LogP contribution in [0.15, 0.2) is 72.9 Å². The molecule has 3 amide bonds. The summed E-state index contributed by atoms with van der Waals surface area (Å²) in [4.78, 5) is 37.5. The molecule has 0 aliphatic carbocycles. The maximum atomic E-state index is 13.6. The Labute approximate surface area is 231 Å². The van der Waals surface area contributed by atoms with Crippen molar-refractivity contribution in [2.24, 2.45) is 0 Å². The number of amides is 3. The lowest BCUT2D eigenvalue weighted by Gasteiger charge is -2.39. The van der Waals surface area contributed by atoms with Crippen molar-refractivity contribution in [2.45, 2.75) is 45.2 Å². The van der Waals surface area contributed by atoms with Crippen molar-refractivity contribution in [1.29, 1.82) is 0 Å². The Balaban J connectivity index is 1.25. The zero-order valence-electron chi connectivity index (χ0n) is 22.7. The van der Waals surface area contributed by atoms with E-state index in [1.165, 1.54) is 29.7 Å². The molecule has 39 heavy (non-hydrogen) atoms. The van der Waals surface area contributed by atoms with E-state index in [9.17, 15) is 9.59 Å². The van der Waals surface area contributed by atoms with E-state index in [1.807, 2.05) is 6.07 Å². The molecule has 0 spiro atoms. The summed E-state index contributed by atoms with van der Waals surface area (Å²) in [6, 6.07) is 21.5. The Bertz CT molecular complexity index is 1270. The molecular formula is C31H38N6O2. The molecular weight excluding hydrogens is 488 g/mol. The number of aromatic nitrogens is 1. The van der Waals surface area contributed by atoms with Gasteiger partial charge in [-0.25, -0.2) is 14.7 Å². The van der Waals surface area contributed by atoms with Crippen molar-refractivity contribution < 1.29 is 9.59 Å². The van der Waals surface area contributed by atoms with Crippen LogP contribution < -0.4 is 15.5 Å². The van der Waals surface area contributed by atoms with Gasteiger partial charge in [0.2, 0.25) is 0 Å². The lowest BCUT2D eigenvalue weighted by molar-refractivity contribution is 0.102. The lowest BCUT2D eigenvalue weighted by atomic mass is 10.0. The maximum absolute atomic E-state index is 13.6. The molecule has 204 valence electrons. The predicted molar refractivity (Wildman–Crippen MR) is 155 cm³/mol. The van der Waals surface area contributed by atoms with Gasteiger partial charge in [-0.15, -0.1) is 0 Å². The predicted octanol–water partition coefficient (Wildman–Crippen LogP) is 5.26. The minimum atomic E-state index is -0.288. The van der Waals surface area contributed by atoms with Crippen LogP contribution in [0.3, 0.4) is 0 Å². The number of likely N-dealkylation sites (tertiary alicyclic amines) is 1. The van der Waals surface area contributed by atoms with E-state index >= 15 is 0 Å². The van der Waals surface area contributed by atoms with E-state index in [-0.39, 0.29) is 11.9 Å². The first-order valence-corrected chi connectivity index (χ1v) is 14.1. The third-order valence-electron chi connectivity index (χ3n) is 7.52. The number of rotatable bonds is 9. The summed E-state index contributed by atoms with van der Waals surface area (Å²) in [5.41, 5.74) is 2.83. The number of piperidine rings is 1. The third kappa shape index (κ3) is 6.46. The molecule has 0 bridgehead atoms. The molecule has 8 heteroatoms. The zero-order chi connectivity index (χ0) is 27.0. The van der Waals surface area contributed by atoms with Crippen LogP contribution in [0.1, 0.15) is 48.5 Å². The molecule has 3 aromatic rings. The van der Waals surface area contributed by atoms with Crippen molar-refractivity contribution in [3.8, 4) is 0 Å². The molecule has 8 nitrogen and oxygen atoms in total. The number of carbonyl (C=O) groups is 2. The number of carbonyl (C=O) groups excluding carboxylic acids is 2. The van der Waals surface area contributed by atoms with Crippen LogP contribution in [0.4, 0.5) is 22.0 Å². The summed E-state index contributed by atoms with van der Waals surface area (Å²) >= 11 is 0. The highest BCUT2D eigenvalue weighted by atomic mass is 16.2. The minimum absolute atomic E-state index is 0.251. The lowest BCUT2D eigenvalue weighted by Crippen LogP contribution is -2.50. The summed E-state index contributed by atoms with van der Waals surface area (Å²) < 4.78 is 0. The van der Waals surface area contributed by atoms with Crippen LogP contribution in [-0.4, -0.2) is 65.5 Å². The molecule has 3 heterocycles. The van der Waals surface area contributed by atoms with Gasteiger partial charge in [0, 0.05) is 38.4 Å². The molecule has 2 aliphatic rings. The van der Waals surface area contributed by atoms with Gasteiger partial charge in [-0.2, -0.15) is 0 Å². The highest BCUT2D eigenvalue weighted by Gasteiger charge is 2.30. The van der Waals surface area contributed by atoms with Gasteiger partial charge >= 0.3 is 6.03 Å². The Morgan fingerprint density at radius 3 is 2.74 bits per heavy atom. The highest BCUT2D eigenvalue weighted by Crippen LogP contribution is 2.36. The molecule has 1 fully saturated rings. The maximum Gasteiger partial charge on any atom is 0.327 e. The van der Waals surface area contributed by atoms with E-state index in [1.54, 1.807) is 36.5 Å². The average molecular weight is 527 g/mol. The fourth-order valence-electron chi connectivity index (χ4n) is 5.68. The monoisotopic (exact) mass is 526 g/mol. The number of pyridine rings is 1. The van der Waals surface area contributed by atoms with Crippen molar-refractivity contribution in [3.63, 3.8) is 0 Å². The molecule has 0 saturated carbocycles. The van der Waals surface area contributed by atoms with E-state index in [0.717, 1.165) is 39.1 Å². The van der Waals surface area contributed by atoms with Crippen molar-refractivity contribution >= 4 is 29.1 Å². The molecule has 2 aliphatic heterocycles. The highest BCUT2D eigenvalue weighted by molar-refractivity contribution is 6.16. The quantitative estimate of drug-likeness (QED) is 0.398. The molecule has 1 aromatic heterocycles. The molecule has 2 N–H and O–H groups in total. The number of nitrogens with one attached hydrogen (secondary N) is 2. The second-order valence-electron chi connectivity index (χ2n) is 10.3. The Morgan fingerprint density at radius 2 is 1.90 bits per heavy atom. The van der Waals surface area contributed by atoms with Gasteiger partial charge in [0.05, 0.1) is 16.9 Å². The largest absolute Gasteiger partial charge is 0.336 e.